The van der Waals surface area contributed by atoms with Crippen LogP contribution in [-0.2, 0) is 4.79 Å². The van der Waals surface area contributed by atoms with Crippen LogP contribution in [0.15, 0.2) is 0 Å². The zero-order valence-corrected chi connectivity index (χ0v) is 9.82. The SMILES string of the molecule is CCCNC(=O)C(C)SCC1CNC1. The van der Waals surface area contributed by atoms with Crippen LogP contribution in [0.5, 0.6) is 0 Å². The Kier molecular flexibility index (Phi) is 5.33. The molecule has 3 nitrogen and oxygen atoms in total. The van der Waals surface area contributed by atoms with E-state index in [0.29, 0.717) is 0 Å². The molecule has 0 radical (unpaired) electrons. The van der Waals surface area contributed by atoms with Crippen LogP contribution in [0.1, 0.15) is 20.3 Å². The molecule has 4 heteroatoms. The molecule has 0 saturated carbocycles. The van der Waals surface area contributed by atoms with Crippen LogP contribution in [0.2, 0.25) is 0 Å². The predicted molar refractivity (Wildman–Crippen MR) is 61.6 cm³/mol. The van der Waals surface area contributed by atoms with Crippen molar-refractivity contribution < 1.29 is 4.79 Å². The smallest absolute Gasteiger partial charge is 0.232 e. The second-order valence-corrected chi connectivity index (χ2v) is 5.16. The molecule has 14 heavy (non-hydrogen) atoms. The molecule has 0 bridgehead atoms. The fourth-order valence-corrected chi connectivity index (χ4v) is 2.25. The summed E-state index contributed by atoms with van der Waals surface area (Å²) in [5.74, 6) is 2.07. The van der Waals surface area contributed by atoms with Crippen LogP contribution in [0, 0.1) is 5.92 Å². The van der Waals surface area contributed by atoms with Gasteiger partial charge in [-0.2, -0.15) is 0 Å². The highest BCUT2D eigenvalue weighted by atomic mass is 32.2. The van der Waals surface area contributed by atoms with Crippen molar-refractivity contribution >= 4 is 17.7 Å². The summed E-state index contributed by atoms with van der Waals surface area (Å²) < 4.78 is 0. The maximum atomic E-state index is 11.5. The van der Waals surface area contributed by atoms with E-state index in [4.69, 9.17) is 0 Å². The summed E-state index contributed by atoms with van der Waals surface area (Å²) in [7, 11) is 0. The molecule has 0 aromatic carbocycles. The monoisotopic (exact) mass is 216 g/mol. The molecule has 1 amide bonds. The molecule has 0 aromatic heterocycles. The van der Waals surface area contributed by atoms with Gasteiger partial charge in [-0.15, -0.1) is 11.8 Å². The molecule has 82 valence electrons. The van der Waals surface area contributed by atoms with Gasteiger partial charge in [0.05, 0.1) is 5.25 Å². The van der Waals surface area contributed by atoms with Crippen molar-refractivity contribution in [3.63, 3.8) is 0 Å². The molecular formula is C10H20N2OS. The lowest BCUT2D eigenvalue weighted by molar-refractivity contribution is -0.120. The maximum absolute atomic E-state index is 11.5. The van der Waals surface area contributed by atoms with Gasteiger partial charge < -0.3 is 10.6 Å². The third-order valence-corrected chi connectivity index (χ3v) is 3.74. The van der Waals surface area contributed by atoms with Gasteiger partial charge in [-0.3, -0.25) is 4.79 Å². The summed E-state index contributed by atoms with van der Waals surface area (Å²) in [6, 6.07) is 0. The first-order valence-corrected chi connectivity index (χ1v) is 6.39. The summed E-state index contributed by atoms with van der Waals surface area (Å²) in [6.45, 7) is 7.10. The number of nitrogens with one attached hydrogen (secondary N) is 2. The van der Waals surface area contributed by atoms with E-state index < -0.39 is 0 Å². The predicted octanol–water partition coefficient (Wildman–Crippen LogP) is 0.854. The standard InChI is InChI=1S/C10H20N2OS/c1-3-4-12-10(13)8(2)14-7-9-5-11-6-9/h8-9,11H,3-7H2,1-2H3,(H,12,13). The summed E-state index contributed by atoms with van der Waals surface area (Å²) in [4.78, 5) is 11.5. The average Bonchev–Trinajstić information content (AvgIpc) is 2.11. The molecular weight excluding hydrogens is 196 g/mol. The molecule has 1 fully saturated rings. The quantitative estimate of drug-likeness (QED) is 0.692. The van der Waals surface area contributed by atoms with Crippen LogP contribution >= 0.6 is 11.8 Å². The molecule has 0 aromatic rings. The Bertz CT molecular complexity index is 183. The second-order valence-electron chi connectivity index (χ2n) is 3.79. The molecule has 2 N–H and O–H groups in total. The summed E-state index contributed by atoms with van der Waals surface area (Å²) in [5, 5.41) is 6.25. The number of hydrogen-bond donors (Lipinski definition) is 2. The number of rotatable bonds is 6. The van der Waals surface area contributed by atoms with Gasteiger partial charge in [0.25, 0.3) is 0 Å². The van der Waals surface area contributed by atoms with E-state index in [1.165, 1.54) is 0 Å². The van der Waals surface area contributed by atoms with E-state index in [2.05, 4.69) is 17.6 Å². The Morgan fingerprint density at radius 1 is 1.64 bits per heavy atom. The minimum absolute atomic E-state index is 0.0992. The minimum atomic E-state index is 0.0992. The number of carbonyl (C=O) groups excluding carboxylic acids is 1. The largest absolute Gasteiger partial charge is 0.355 e. The first kappa shape index (κ1) is 11.9. The van der Waals surface area contributed by atoms with Gasteiger partial charge in [0, 0.05) is 6.54 Å². The normalized spacial score (nSPS) is 18.7. The van der Waals surface area contributed by atoms with Gasteiger partial charge in [0.15, 0.2) is 0 Å². The molecule has 1 aliphatic heterocycles. The molecule has 1 unspecified atom stereocenters. The lowest BCUT2D eigenvalue weighted by Gasteiger charge is -2.27. The highest BCUT2D eigenvalue weighted by Crippen LogP contribution is 2.17. The van der Waals surface area contributed by atoms with Crippen molar-refractivity contribution in [1.29, 1.82) is 0 Å². The van der Waals surface area contributed by atoms with E-state index in [-0.39, 0.29) is 11.2 Å². The number of carbonyl (C=O) groups is 1. The molecule has 1 aliphatic rings. The van der Waals surface area contributed by atoms with Gasteiger partial charge in [0.1, 0.15) is 0 Å². The van der Waals surface area contributed by atoms with E-state index in [0.717, 1.165) is 37.7 Å². The third kappa shape index (κ3) is 3.88. The Hall–Kier alpha value is -0.220. The maximum Gasteiger partial charge on any atom is 0.232 e. The number of thioether (sulfide) groups is 1. The van der Waals surface area contributed by atoms with Crippen molar-refractivity contribution in [2.45, 2.75) is 25.5 Å². The average molecular weight is 216 g/mol. The molecule has 1 heterocycles. The zero-order valence-electron chi connectivity index (χ0n) is 9.01. The van der Waals surface area contributed by atoms with Crippen LogP contribution in [0.3, 0.4) is 0 Å². The molecule has 1 atom stereocenters. The van der Waals surface area contributed by atoms with Gasteiger partial charge >= 0.3 is 0 Å². The second kappa shape index (κ2) is 6.30. The van der Waals surface area contributed by atoms with Crippen LogP contribution in [0.25, 0.3) is 0 Å². The van der Waals surface area contributed by atoms with Gasteiger partial charge in [-0.25, -0.2) is 0 Å². The van der Waals surface area contributed by atoms with Crippen LogP contribution < -0.4 is 10.6 Å². The van der Waals surface area contributed by atoms with Crippen molar-refractivity contribution in [3.05, 3.63) is 0 Å². The molecule has 1 rings (SSSR count). The van der Waals surface area contributed by atoms with Gasteiger partial charge in [-0.05, 0) is 38.1 Å². The first-order chi connectivity index (χ1) is 6.74. The Morgan fingerprint density at radius 3 is 2.86 bits per heavy atom. The summed E-state index contributed by atoms with van der Waals surface area (Å²) >= 11 is 1.77. The Balaban J connectivity index is 2.06. The summed E-state index contributed by atoms with van der Waals surface area (Å²) in [6.07, 6.45) is 1.01. The third-order valence-electron chi connectivity index (χ3n) is 2.37. The highest BCUT2D eigenvalue weighted by Gasteiger charge is 2.20. The molecule has 1 saturated heterocycles. The minimum Gasteiger partial charge on any atom is -0.355 e. The van der Waals surface area contributed by atoms with Gasteiger partial charge in [-0.1, -0.05) is 6.92 Å². The van der Waals surface area contributed by atoms with E-state index >= 15 is 0 Å². The van der Waals surface area contributed by atoms with Crippen molar-refractivity contribution in [2.75, 3.05) is 25.4 Å². The lowest BCUT2D eigenvalue weighted by atomic mass is 10.1. The lowest BCUT2D eigenvalue weighted by Crippen LogP contribution is -2.44. The fourth-order valence-electron chi connectivity index (χ4n) is 1.21. The Morgan fingerprint density at radius 2 is 2.36 bits per heavy atom. The highest BCUT2D eigenvalue weighted by molar-refractivity contribution is 8.00. The van der Waals surface area contributed by atoms with Crippen LogP contribution in [0.4, 0.5) is 0 Å². The van der Waals surface area contributed by atoms with E-state index in [9.17, 15) is 4.79 Å². The molecule has 0 spiro atoms. The van der Waals surface area contributed by atoms with Crippen LogP contribution in [-0.4, -0.2) is 36.5 Å². The summed E-state index contributed by atoms with van der Waals surface area (Å²) in [5.41, 5.74) is 0. The number of amides is 1. The topological polar surface area (TPSA) is 41.1 Å². The molecule has 0 aliphatic carbocycles. The number of hydrogen-bond acceptors (Lipinski definition) is 3. The zero-order chi connectivity index (χ0) is 10.4. The van der Waals surface area contributed by atoms with Crippen molar-refractivity contribution in [1.82, 2.24) is 10.6 Å². The first-order valence-electron chi connectivity index (χ1n) is 5.34. The van der Waals surface area contributed by atoms with E-state index in [1.54, 1.807) is 11.8 Å². The van der Waals surface area contributed by atoms with E-state index in [1.807, 2.05) is 6.92 Å². The Labute approximate surface area is 90.4 Å². The van der Waals surface area contributed by atoms with Crippen molar-refractivity contribution in [3.8, 4) is 0 Å². The fraction of sp³-hybridized carbons (Fsp3) is 0.900. The van der Waals surface area contributed by atoms with Crippen molar-refractivity contribution in [2.24, 2.45) is 5.92 Å². The van der Waals surface area contributed by atoms with Gasteiger partial charge in [0.2, 0.25) is 5.91 Å².